The first kappa shape index (κ1) is 10.4. The minimum Gasteiger partial charge on any atom is -0.381 e. The van der Waals surface area contributed by atoms with E-state index in [0.29, 0.717) is 5.41 Å². The van der Waals surface area contributed by atoms with Gasteiger partial charge in [0, 0.05) is 13.2 Å². The summed E-state index contributed by atoms with van der Waals surface area (Å²) in [6.07, 6.45) is 9.54. The van der Waals surface area contributed by atoms with Gasteiger partial charge >= 0.3 is 0 Å². The second kappa shape index (κ2) is 4.63. The Balaban J connectivity index is 1.89. The lowest BCUT2D eigenvalue weighted by Crippen LogP contribution is -2.38. The molecule has 14 heavy (non-hydrogen) atoms. The highest BCUT2D eigenvalue weighted by molar-refractivity contribution is 4.86. The van der Waals surface area contributed by atoms with Crippen LogP contribution >= 0.6 is 0 Å². The van der Waals surface area contributed by atoms with Crippen LogP contribution in [0.25, 0.3) is 0 Å². The monoisotopic (exact) mass is 197 g/mol. The van der Waals surface area contributed by atoms with Crippen molar-refractivity contribution in [3.8, 4) is 0 Å². The Kier molecular flexibility index (Phi) is 3.45. The van der Waals surface area contributed by atoms with Crippen LogP contribution in [0.15, 0.2) is 0 Å². The largest absolute Gasteiger partial charge is 0.381 e. The summed E-state index contributed by atoms with van der Waals surface area (Å²) >= 11 is 0. The van der Waals surface area contributed by atoms with Crippen molar-refractivity contribution in [1.29, 1.82) is 0 Å². The number of hydrogen-bond acceptors (Lipinski definition) is 2. The van der Waals surface area contributed by atoms with Crippen molar-refractivity contribution < 1.29 is 4.74 Å². The quantitative estimate of drug-likeness (QED) is 0.753. The van der Waals surface area contributed by atoms with E-state index in [-0.39, 0.29) is 0 Å². The average Bonchev–Trinajstić information content (AvgIpc) is 2.72. The molecule has 0 aromatic rings. The van der Waals surface area contributed by atoms with Crippen LogP contribution in [-0.4, -0.2) is 19.8 Å². The van der Waals surface area contributed by atoms with E-state index in [4.69, 9.17) is 10.5 Å². The zero-order chi connectivity index (χ0) is 9.86. The third kappa shape index (κ3) is 2.29. The molecule has 2 nitrogen and oxygen atoms in total. The molecule has 1 aliphatic carbocycles. The van der Waals surface area contributed by atoms with Crippen molar-refractivity contribution in [2.45, 2.75) is 44.9 Å². The molecule has 0 radical (unpaired) electrons. The molecule has 0 aromatic carbocycles. The van der Waals surface area contributed by atoms with Gasteiger partial charge in [0.25, 0.3) is 0 Å². The number of hydrogen-bond donors (Lipinski definition) is 1. The lowest BCUT2D eigenvalue weighted by molar-refractivity contribution is 0.00685. The van der Waals surface area contributed by atoms with Crippen molar-refractivity contribution in [2.24, 2.45) is 17.1 Å². The Morgan fingerprint density at radius 2 is 1.79 bits per heavy atom. The van der Waals surface area contributed by atoms with Crippen molar-refractivity contribution in [1.82, 2.24) is 0 Å². The van der Waals surface area contributed by atoms with Crippen LogP contribution in [0.5, 0.6) is 0 Å². The zero-order valence-corrected chi connectivity index (χ0v) is 9.13. The maximum Gasteiger partial charge on any atom is 0.0471 e. The van der Waals surface area contributed by atoms with Gasteiger partial charge in [-0.15, -0.1) is 0 Å². The second-order valence-corrected chi connectivity index (χ2v) is 5.17. The van der Waals surface area contributed by atoms with Crippen LogP contribution in [0.3, 0.4) is 0 Å². The average molecular weight is 197 g/mol. The maximum atomic E-state index is 5.96. The van der Waals surface area contributed by atoms with E-state index in [0.717, 1.165) is 25.7 Å². The summed E-state index contributed by atoms with van der Waals surface area (Å²) in [5.41, 5.74) is 6.40. The molecule has 0 amide bonds. The van der Waals surface area contributed by atoms with Gasteiger partial charge in [0.05, 0.1) is 0 Å². The Morgan fingerprint density at radius 1 is 1.14 bits per heavy atom. The van der Waals surface area contributed by atoms with Crippen molar-refractivity contribution >= 4 is 0 Å². The molecule has 0 bridgehead atoms. The van der Waals surface area contributed by atoms with Crippen LogP contribution in [-0.2, 0) is 4.74 Å². The molecule has 2 rings (SSSR count). The van der Waals surface area contributed by atoms with E-state index in [2.05, 4.69) is 0 Å². The second-order valence-electron chi connectivity index (χ2n) is 5.17. The molecule has 2 N–H and O–H groups in total. The molecule has 0 unspecified atom stereocenters. The molecule has 1 heterocycles. The van der Waals surface area contributed by atoms with Gasteiger partial charge in [-0.1, -0.05) is 25.7 Å². The fraction of sp³-hybridized carbons (Fsp3) is 1.00. The summed E-state index contributed by atoms with van der Waals surface area (Å²) in [6, 6.07) is 0. The molecule has 82 valence electrons. The highest BCUT2D eigenvalue weighted by atomic mass is 16.5. The first-order valence-corrected chi connectivity index (χ1v) is 6.12. The predicted molar refractivity (Wildman–Crippen MR) is 58.1 cm³/mol. The fourth-order valence-electron chi connectivity index (χ4n) is 3.12. The predicted octanol–water partition coefficient (Wildman–Crippen LogP) is 2.32. The maximum absolute atomic E-state index is 5.96. The van der Waals surface area contributed by atoms with Crippen LogP contribution < -0.4 is 5.73 Å². The van der Waals surface area contributed by atoms with Gasteiger partial charge in [0.1, 0.15) is 0 Å². The molecule has 1 saturated heterocycles. The van der Waals surface area contributed by atoms with Crippen LogP contribution in [0.2, 0.25) is 0 Å². The summed E-state index contributed by atoms with van der Waals surface area (Å²) in [5.74, 6) is 0.969. The van der Waals surface area contributed by atoms with E-state index < -0.39 is 0 Å². The Bertz CT molecular complexity index is 169. The van der Waals surface area contributed by atoms with E-state index in [1.807, 2.05) is 0 Å². The zero-order valence-electron chi connectivity index (χ0n) is 9.13. The van der Waals surface area contributed by atoms with Crippen LogP contribution in [0.4, 0.5) is 0 Å². The molecule has 0 aromatic heterocycles. The van der Waals surface area contributed by atoms with E-state index >= 15 is 0 Å². The Hall–Kier alpha value is -0.0800. The molecular weight excluding hydrogens is 174 g/mol. The van der Waals surface area contributed by atoms with Gasteiger partial charge < -0.3 is 10.5 Å². The highest BCUT2D eigenvalue weighted by Crippen LogP contribution is 2.41. The molecule has 1 aliphatic heterocycles. The highest BCUT2D eigenvalue weighted by Gasteiger charge is 2.34. The minimum atomic E-state index is 0.438. The third-order valence-electron chi connectivity index (χ3n) is 4.18. The number of rotatable bonds is 3. The van der Waals surface area contributed by atoms with Crippen molar-refractivity contribution in [3.05, 3.63) is 0 Å². The van der Waals surface area contributed by atoms with Gasteiger partial charge in [-0.2, -0.15) is 0 Å². The SMILES string of the molecule is NCC1(CC2CCCC2)CCOCC1. The summed E-state index contributed by atoms with van der Waals surface area (Å²) in [6.45, 7) is 2.74. The summed E-state index contributed by atoms with van der Waals surface area (Å²) in [4.78, 5) is 0. The van der Waals surface area contributed by atoms with Crippen LogP contribution in [0.1, 0.15) is 44.9 Å². The molecule has 2 fully saturated rings. The molecule has 1 saturated carbocycles. The van der Waals surface area contributed by atoms with E-state index in [1.165, 1.54) is 44.9 Å². The van der Waals surface area contributed by atoms with Gasteiger partial charge in [-0.3, -0.25) is 0 Å². The summed E-state index contributed by atoms with van der Waals surface area (Å²) in [7, 11) is 0. The first-order valence-electron chi connectivity index (χ1n) is 6.12. The normalized spacial score (nSPS) is 28.1. The lowest BCUT2D eigenvalue weighted by Gasteiger charge is -2.38. The van der Waals surface area contributed by atoms with Crippen molar-refractivity contribution in [3.63, 3.8) is 0 Å². The first-order chi connectivity index (χ1) is 6.85. The van der Waals surface area contributed by atoms with Gasteiger partial charge in [0.2, 0.25) is 0 Å². The Morgan fingerprint density at radius 3 is 2.36 bits per heavy atom. The standard InChI is InChI=1S/C12H23NO/c13-10-12(5-7-14-8-6-12)9-11-3-1-2-4-11/h11H,1-10,13H2. The molecule has 0 atom stereocenters. The van der Waals surface area contributed by atoms with Crippen LogP contribution in [0, 0.1) is 11.3 Å². The van der Waals surface area contributed by atoms with Gasteiger partial charge in [0.15, 0.2) is 0 Å². The number of nitrogens with two attached hydrogens (primary N) is 1. The van der Waals surface area contributed by atoms with Gasteiger partial charge in [-0.05, 0) is 37.1 Å². The topological polar surface area (TPSA) is 35.2 Å². The van der Waals surface area contributed by atoms with Crippen molar-refractivity contribution in [2.75, 3.05) is 19.8 Å². The molecule has 2 heteroatoms. The minimum absolute atomic E-state index is 0.438. The molecule has 0 spiro atoms. The van der Waals surface area contributed by atoms with Gasteiger partial charge in [-0.25, -0.2) is 0 Å². The lowest BCUT2D eigenvalue weighted by atomic mass is 9.73. The van der Waals surface area contributed by atoms with E-state index in [1.54, 1.807) is 0 Å². The molecule has 2 aliphatic rings. The summed E-state index contributed by atoms with van der Waals surface area (Å²) in [5, 5.41) is 0. The Labute approximate surface area is 87.2 Å². The smallest absolute Gasteiger partial charge is 0.0471 e. The molecular formula is C12H23NO. The third-order valence-corrected chi connectivity index (χ3v) is 4.18. The van der Waals surface area contributed by atoms with E-state index in [9.17, 15) is 0 Å². The fourth-order valence-corrected chi connectivity index (χ4v) is 3.12. The number of ether oxygens (including phenoxy) is 1. The summed E-state index contributed by atoms with van der Waals surface area (Å²) < 4.78 is 5.44.